The highest BCUT2D eigenvalue weighted by Crippen LogP contribution is 2.24. The normalized spacial score (nSPS) is 22.8. The SMILES string of the molecule is CCNC(=NCC(C)(C)N1CCCC(C)C1)NCCCN1CCCC1=O. The fourth-order valence-corrected chi connectivity index (χ4v) is 3.87. The van der Waals surface area contributed by atoms with Crippen molar-refractivity contribution in [3.05, 3.63) is 0 Å². The number of nitrogens with one attached hydrogen (secondary N) is 2. The summed E-state index contributed by atoms with van der Waals surface area (Å²) in [5.41, 5.74) is 0.0823. The lowest BCUT2D eigenvalue weighted by atomic mass is 9.94. The molecule has 2 aliphatic rings. The minimum atomic E-state index is 0.0823. The molecule has 0 aromatic rings. The Bertz CT molecular complexity index is 477. The zero-order valence-electron chi connectivity index (χ0n) is 17.3. The van der Waals surface area contributed by atoms with E-state index in [1.54, 1.807) is 0 Å². The van der Waals surface area contributed by atoms with Gasteiger partial charge in [0.15, 0.2) is 5.96 Å². The van der Waals surface area contributed by atoms with Gasteiger partial charge in [0.2, 0.25) is 5.91 Å². The number of aliphatic imine (C=N–C) groups is 1. The lowest BCUT2D eigenvalue weighted by molar-refractivity contribution is -0.127. The molecule has 2 heterocycles. The van der Waals surface area contributed by atoms with E-state index in [1.807, 2.05) is 4.90 Å². The molecule has 0 spiro atoms. The van der Waals surface area contributed by atoms with Crippen LogP contribution in [0, 0.1) is 5.92 Å². The molecule has 0 saturated carbocycles. The average Bonchev–Trinajstić information content (AvgIpc) is 3.01. The van der Waals surface area contributed by atoms with Crippen LogP contribution in [-0.2, 0) is 4.79 Å². The smallest absolute Gasteiger partial charge is 0.222 e. The van der Waals surface area contributed by atoms with Crippen molar-refractivity contribution >= 4 is 11.9 Å². The fraction of sp³-hybridized carbons (Fsp3) is 0.900. The molecule has 0 aliphatic carbocycles. The highest BCUT2D eigenvalue weighted by Gasteiger charge is 2.30. The number of guanidine groups is 1. The first-order valence-electron chi connectivity index (χ1n) is 10.5. The Kier molecular flexibility index (Phi) is 8.19. The number of amides is 1. The third kappa shape index (κ3) is 6.45. The first-order chi connectivity index (χ1) is 12.4. The van der Waals surface area contributed by atoms with E-state index in [9.17, 15) is 4.79 Å². The van der Waals surface area contributed by atoms with Gasteiger partial charge in [-0.3, -0.25) is 14.7 Å². The molecule has 1 unspecified atom stereocenters. The molecule has 2 fully saturated rings. The standard InChI is InChI=1S/C20H39N5O/c1-5-21-19(22-11-8-13-24-12-7-10-18(24)26)23-16-20(3,4)25-14-6-9-17(2)15-25/h17H,5-16H2,1-4H3,(H2,21,22,23). The third-order valence-electron chi connectivity index (χ3n) is 5.55. The molecule has 2 rings (SSSR count). The van der Waals surface area contributed by atoms with E-state index in [-0.39, 0.29) is 5.54 Å². The molecule has 1 atom stereocenters. The summed E-state index contributed by atoms with van der Waals surface area (Å²) >= 11 is 0. The largest absolute Gasteiger partial charge is 0.357 e. The molecule has 1 amide bonds. The van der Waals surface area contributed by atoms with Crippen LogP contribution in [0.5, 0.6) is 0 Å². The van der Waals surface area contributed by atoms with Crippen LogP contribution in [0.15, 0.2) is 4.99 Å². The van der Waals surface area contributed by atoms with Gasteiger partial charge in [0.05, 0.1) is 6.54 Å². The molecule has 2 aliphatic heterocycles. The maximum Gasteiger partial charge on any atom is 0.222 e. The molecule has 0 bridgehead atoms. The number of carbonyl (C=O) groups is 1. The van der Waals surface area contributed by atoms with E-state index in [1.165, 1.54) is 25.9 Å². The van der Waals surface area contributed by atoms with Gasteiger partial charge in [-0.05, 0) is 58.9 Å². The number of carbonyl (C=O) groups excluding carboxylic acids is 1. The van der Waals surface area contributed by atoms with Crippen LogP contribution in [-0.4, -0.2) is 73.0 Å². The molecule has 2 N–H and O–H groups in total. The van der Waals surface area contributed by atoms with Gasteiger partial charge in [-0.15, -0.1) is 0 Å². The summed E-state index contributed by atoms with van der Waals surface area (Å²) in [7, 11) is 0. The Morgan fingerprint density at radius 3 is 2.73 bits per heavy atom. The van der Waals surface area contributed by atoms with Crippen molar-refractivity contribution in [2.45, 2.75) is 65.3 Å². The number of hydrogen-bond acceptors (Lipinski definition) is 3. The maximum absolute atomic E-state index is 11.7. The molecule has 0 aromatic carbocycles. The second kappa shape index (κ2) is 10.1. The maximum atomic E-state index is 11.7. The monoisotopic (exact) mass is 365 g/mol. The highest BCUT2D eigenvalue weighted by atomic mass is 16.2. The predicted octanol–water partition coefficient (Wildman–Crippen LogP) is 2.06. The van der Waals surface area contributed by atoms with Gasteiger partial charge in [-0.2, -0.15) is 0 Å². The Morgan fingerprint density at radius 2 is 2.08 bits per heavy atom. The highest BCUT2D eigenvalue weighted by molar-refractivity contribution is 5.80. The lowest BCUT2D eigenvalue weighted by Gasteiger charge is -2.42. The van der Waals surface area contributed by atoms with Crippen molar-refractivity contribution in [1.82, 2.24) is 20.4 Å². The minimum Gasteiger partial charge on any atom is -0.357 e. The number of likely N-dealkylation sites (tertiary alicyclic amines) is 2. The Morgan fingerprint density at radius 1 is 1.27 bits per heavy atom. The van der Waals surface area contributed by atoms with Crippen molar-refractivity contribution in [2.75, 3.05) is 45.8 Å². The number of hydrogen-bond donors (Lipinski definition) is 2. The van der Waals surface area contributed by atoms with E-state index in [4.69, 9.17) is 4.99 Å². The van der Waals surface area contributed by atoms with Crippen LogP contribution >= 0.6 is 0 Å². The van der Waals surface area contributed by atoms with Crippen LogP contribution < -0.4 is 10.6 Å². The number of nitrogens with zero attached hydrogens (tertiary/aromatic N) is 3. The number of rotatable bonds is 8. The van der Waals surface area contributed by atoms with Crippen LogP contribution in [0.2, 0.25) is 0 Å². The second-order valence-corrected chi connectivity index (χ2v) is 8.47. The van der Waals surface area contributed by atoms with E-state index >= 15 is 0 Å². The summed E-state index contributed by atoms with van der Waals surface area (Å²) < 4.78 is 0. The van der Waals surface area contributed by atoms with E-state index in [0.717, 1.165) is 63.9 Å². The third-order valence-corrected chi connectivity index (χ3v) is 5.55. The van der Waals surface area contributed by atoms with Crippen LogP contribution in [0.25, 0.3) is 0 Å². The Labute approximate surface area is 159 Å². The van der Waals surface area contributed by atoms with Gasteiger partial charge in [-0.25, -0.2) is 0 Å². The Hall–Kier alpha value is -1.30. The van der Waals surface area contributed by atoms with Crippen LogP contribution in [0.4, 0.5) is 0 Å². The van der Waals surface area contributed by atoms with Gasteiger partial charge in [0.1, 0.15) is 0 Å². The van der Waals surface area contributed by atoms with Crippen LogP contribution in [0.3, 0.4) is 0 Å². The molecule has 26 heavy (non-hydrogen) atoms. The zero-order valence-corrected chi connectivity index (χ0v) is 17.3. The van der Waals surface area contributed by atoms with Crippen LogP contribution in [0.1, 0.15) is 59.8 Å². The van der Waals surface area contributed by atoms with Gasteiger partial charge in [-0.1, -0.05) is 6.92 Å². The van der Waals surface area contributed by atoms with Crippen molar-refractivity contribution in [1.29, 1.82) is 0 Å². The topological polar surface area (TPSA) is 60.0 Å². The summed E-state index contributed by atoms with van der Waals surface area (Å²) in [4.78, 5) is 21.1. The number of piperidine rings is 1. The lowest BCUT2D eigenvalue weighted by Crippen LogP contribution is -2.51. The molecular formula is C20H39N5O. The Balaban J connectivity index is 1.78. The van der Waals surface area contributed by atoms with E-state index in [2.05, 4.69) is 43.2 Å². The summed E-state index contributed by atoms with van der Waals surface area (Å²) in [6.07, 6.45) is 5.34. The van der Waals surface area contributed by atoms with Gasteiger partial charge in [0.25, 0.3) is 0 Å². The van der Waals surface area contributed by atoms with Gasteiger partial charge in [0, 0.05) is 44.7 Å². The quantitative estimate of drug-likeness (QED) is 0.393. The van der Waals surface area contributed by atoms with Crippen molar-refractivity contribution in [3.8, 4) is 0 Å². The van der Waals surface area contributed by atoms with E-state index in [0.29, 0.717) is 5.91 Å². The second-order valence-electron chi connectivity index (χ2n) is 8.47. The van der Waals surface area contributed by atoms with Crippen molar-refractivity contribution < 1.29 is 4.79 Å². The summed E-state index contributed by atoms with van der Waals surface area (Å²) in [6.45, 7) is 15.7. The minimum absolute atomic E-state index is 0.0823. The van der Waals surface area contributed by atoms with E-state index < -0.39 is 0 Å². The summed E-state index contributed by atoms with van der Waals surface area (Å²) in [5.74, 6) is 1.98. The molecule has 150 valence electrons. The molecule has 6 heteroatoms. The zero-order chi connectivity index (χ0) is 19.0. The van der Waals surface area contributed by atoms with Gasteiger partial charge < -0.3 is 15.5 Å². The predicted molar refractivity (Wildman–Crippen MR) is 108 cm³/mol. The first-order valence-corrected chi connectivity index (χ1v) is 10.5. The molecule has 0 radical (unpaired) electrons. The molecule has 0 aromatic heterocycles. The molecular weight excluding hydrogens is 326 g/mol. The summed E-state index contributed by atoms with van der Waals surface area (Å²) in [5, 5.41) is 6.77. The average molecular weight is 366 g/mol. The fourth-order valence-electron chi connectivity index (χ4n) is 3.87. The van der Waals surface area contributed by atoms with Crippen molar-refractivity contribution in [3.63, 3.8) is 0 Å². The summed E-state index contributed by atoms with van der Waals surface area (Å²) in [6, 6.07) is 0. The molecule has 6 nitrogen and oxygen atoms in total. The van der Waals surface area contributed by atoms with Gasteiger partial charge >= 0.3 is 0 Å². The molecule has 2 saturated heterocycles. The van der Waals surface area contributed by atoms with Crippen molar-refractivity contribution in [2.24, 2.45) is 10.9 Å². The first kappa shape index (κ1) is 21.0.